The molecule has 0 amide bonds. The molecule has 0 unspecified atom stereocenters. The minimum atomic E-state index is -0.287. The first-order chi connectivity index (χ1) is 9.85. The Balaban J connectivity index is 3.07. The topological polar surface area (TPSA) is 55.2 Å². The van der Waals surface area contributed by atoms with Gasteiger partial charge in [0.05, 0.1) is 4.92 Å². The molecule has 116 valence electrons. The van der Waals surface area contributed by atoms with E-state index in [2.05, 4.69) is 26.1 Å². The maximum absolute atomic E-state index is 11.2. The van der Waals surface area contributed by atoms with Gasteiger partial charge in [0.2, 0.25) is 0 Å². The summed E-state index contributed by atoms with van der Waals surface area (Å²) in [5.74, 6) is 0.150. The van der Waals surface area contributed by atoms with Crippen molar-refractivity contribution in [1.82, 2.24) is 5.32 Å². The minimum Gasteiger partial charge on any atom is -0.311 e. The molecule has 21 heavy (non-hydrogen) atoms. The molecule has 0 aliphatic carbocycles. The summed E-state index contributed by atoms with van der Waals surface area (Å²) in [7, 11) is 0. The van der Waals surface area contributed by atoms with Gasteiger partial charge in [-0.1, -0.05) is 58.4 Å². The van der Waals surface area contributed by atoms with Crippen LogP contribution in [0.5, 0.6) is 0 Å². The third kappa shape index (κ3) is 5.31. The predicted molar refractivity (Wildman–Crippen MR) is 88.6 cm³/mol. The van der Waals surface area contributed by atoms with Crippen LogP contribution in [0.15, 0.2) is 23.8 Å². The van der Waals surface area contributed by atoms with Crippen molar-refractivity contribution in [2.24, 2.45) is 0 Å². The fourth-order valence-electron chi connectivity index (χ4n) is 2.15. The molecule has 4 heteroatoms. The molecular formula is C17H26N2O2. The first-order valence-electron chi connectivity index (χ1n) is 7.56. The lowest BCUT2D eigenvalue weighted by Crippen LogP contribution is -2.24. The standard InChI is InChI=1S/C17H26N2O2/c1-6-14(11-18-13(4)5)9-15-7-8-16(12(2)3)17(10-15)19(20)21/h7-10,12-13,18H,6,11H2,1-5H3. The zero-order valence-electron chi connectivity index (χ0n) is 13.6. The Morgan fingerprint density at radius 3 is 2.48 bits per heavy atom. The second-order valence-electron chi connectivity index (χ2n) is 5.92. The van der Waals surface area contributed by atoms with Crippen LogP contribution in [-0.4, -0.2) is 17.5 Å². The van der Waals surface area contributed by atoms with Crippen LogP contribution < -0.4 is 5.32 Å². The molecule has 0 atom stereocenters. The molecule has 0 spiro atoms. The Hall–Kier alpha value is -1.68. The number of rotatable bonds is 7. The van der Waals surface area contributed by atoms with E-state index in [4.69, 9.17) is 0 Å². The minimum absolute atomic E-state index is 0.150. The van der Waals surface area contributed by atoms with Crippen LogP contribution in [0.25, 0.3) is 6.08 Å². The van der Waals surface area contributed by atoms with Gasteiger partial charge in [-0.05, 0) is 17.9 Å². The van der Waals surface area contributed by atoms with Crippen molar-refractivity contribution in [2.45, 2.75) is 53.0 Å². The smallest absolute Gasteiger partial charge is 0.273 e. The summed E-state index contributed by atoms with van der Waals surface area (Å²) in [6.07, 6.45) is 2.98. The van der Waals surface area contributed by atoms with Gasteiger partial charge in [-0.2, -0.15) is 0 Å². The van der Waals surface area contributed by atoms with Gasteiger partial charge in [0.25, 0.3) is 5.69 Å². The highest BCUT2D eigenvalue weighted by Gasteiger charge is 2.16. The molecule has 0 aliphatic rings. The molecule has 0 saturated heterocycles. The number of hydrogen-bond acceptors (Lipinski definition) is 3. The summed E-state index contributed by atoms with van der Waals surface area (Å²) < 4.78 is 0. The Labute approximate surface area is 127 Å². The Morgan fingerprint density at radius 1 is 1.33 bits per heavy atom. The third-order valence-electron chi connectivity index (χ3n) is 3.44. The van der Waals surface area contributed by atoms with Gasteiger partial charge >= 0.3 is 0 Å². The highest BCUT2D eigenvalue weighted by atomic mass is 16.6. The summed E-state index contributed by atoms with van der Waals surface area (Å²) in [6, 6.07) is 5.95. The second-order valence-corrected chi connectivity index (χ2v) is 5.92. The molecule has 0 radical (unpaired) electrons. The normalized spacial score (nSPS) is 12.2. The molecule has 0 aliphatic heterocycles. The van der Waals surface area contributed by atoms with Crippen molar-refractivity contribution in [3.63, 3.8) is 0 Å². The first-order valence-corrected chi connectivity index (χ1v) is 7.56. The molecule has 1 aromatic carbocycles. The van der Waals surface area contributed by atoms with Crippen LogP contribution in [0, 0.1) is 10.1 Å². The summed E-state index contributed by atoms with van der Waals surface area (Å²) in [5, 5.41) is 14.6. The molecule has 4 nitrogen and oxygen atoms in total. The van der Waals surface area contributed by atoms with Gasteiger partial charge in [-0.25, -0.2) is 0 Å². The number of nitrogens with one attached hydrogen (secondary N) is 1. The number of nitro groups is 1. The van der Waals surface area contributed by atoms with E-state index in [9.17, 15) is 10.1 Å². The average Bonchev–Trinajstić information content (AvgIpc) is 2.42. The molecule has 1 aromatic rings. The summed E-state index contributed by atoms with van der Waals surface area (Å²) in [4.78, 5) is 10.9. The molecule has 1 N–H and O–H groups in total. The molecule has 0 aromatic heterocycles. The van der Waals surface area contributed by atoms with Crippen molar-refractivity contribution in [3.8, 4) is 0 Å². The van der Waals surface area contributed by atoms with Gasteiger partial charge in [0.1, 0.15) is 0 Å². The number of nitrogens with zero attached hydrogens (tertiary/aromatic N) is 1. The molecule has 1 rings (SSSR count). The third-order valence-corrected chi connectivity index (χ3v) is 3.44. The predicted octanol–water partition coefficient (Wildman–Crippen LogP) is 4.51. The quantitative estimate of drug-likeness (QED) is 0.593. The number of benzene rings is 1. The highest BCUT2D eigenvalue weighted by Crippen LogP contribution is 2.28. The van der Waals surface area contributed by atoms with E-state index >= 15 is 0 Å². The van der Waals surface area contributed by atoms with E-state index in [0.29, 0.717) is 6.04 Å². The Bertz CT molecular complexity index is 520. The molecule has 0 bridgehead atoms. The van der Waals surface area contributed by atoms with E-state index < -0.39 is 0 Å². The molecule has 0 heterocycles. The van der Waals surface area contributed by atoms with Crippen molar-refractivity contribution >= 4 is 11.8 Å². The van der Waals surface area contributed by atoms with E-state index in [1.165, 1.54) is 5.57 Å². The van der Waals surface area contributed by atoms with Crippen molar-refractivity contribution < 1.29 is 4.92 Å². The Morgan fingerprint density at radius 2 is 2.00 bits per heavy atom. The fourth-order valence-corrected chi connectivity index (χ4v) is 2.15. The molecule has 0 fully saturated rings. The zero-order chi connectivity index (χ0) is 16.0. The number of hydrogen-bond donors (Lipinski definition) is 1. The largest absolute Gasteiger partial charge is 0.311 e. The monoisotopic (exact) mass is 290 g/mol. The van der Waals surface area contributed by atoms with Crippen LogP contribution in [0.4, 0.5) is 5.69 Å². The summed E-state index contributed by atoms with van der Waals surface area (Å²) >= 11 is 0. The highest BCUT2D eigenvalue weighted by molar-refractivity contribution is 5.59. The van der Waals surface area contributed by atoms with Gasteiger partial charge < -0.3 is 5.32 Å². The van der Waals surface area contributed by atoms with E-state index in [0.717, 1.165) is 24.1 Å². The van der Waals surface area contributed by atoms with Crippen LogP contribution in [0.1, 0.15) is 58.1 Å². The van der Waals surface area contributed by atoms with Gasteiger partial charge in [-0.15, -0.1) is 0 Å². The van der Waals surface area contributed by atoms with E-state index in [1.54, 1.807) is 6.07 Å². The average molecular weight is 290 g/mol. The first kappa shape index (κ1) is 17.4. The lowest BCUT2D eigenvalue weighted by Gasteiger charge is -2.11. The maximum atomic E-state index is 11.2. The van der Waals surface area contributed by atoms with Gasteiger partial charge in [0.15, 0.2) is 0 Å². The van der Waals surface area contributed by atoms with Crippen LogP contribution in [0.3, 0.4) is 0 Å². The maximum Gasteiger partial charge on any atom is 0.273 e. The van der Waals surface area contributed by atoms with Gasteiger partial charge in [0, 0.05) is 24.2 Å². The summed E-state index contributed by atoms with van der Waals surface area (Å²) in [6.45, 7) is 11.1. The van der Waals surface area contributed by atoms with Crippen molar-refractivity contribution in [2.75, 3.05) is 6.54 Å². The van der Waals surface area contributed by atoms with Crippen LogP contribution >= 0.6 is 0 Å². The van der Waals surface area contributed by atoms with Crippen molar-refractivity contribution in [3.05, 3.63) is 45.0 Å². The zero-order valence-corrected chi connectivity index (χ0v) is 13.6. The fraction of sp³-hybridized carbons (Fsp3) is 0.529. The van der Waals surface area contributed by atoms with Crippen molar-refractivity contribution in [1.29, 1.82) is 0 Å². The van der Waals surface area contributed by atoms with Crippen LogP contribution in [0.2, 0.25) is 0 Å². The second kappa shape index (κ2) is 7.93. The summed E-state index contributed by atoms with van der Waals surface area (Å²) in [5.41, 5.74) is 3.14. The Kier molecular flexibility index (Phi) is 6.56. The van der Waals surface area contributed by atoms with Crippen LogP contribution in [-0.2, 0) is 0 Å². The number of nitro benzene ring substituents is 1. The van der Waals surface area contributed by atoms with E-state index in [1.807, 2.05) is 32.1 Å². The molecular weight excluding hydrogens is 264 g/mol. The molecule has 0 saturated carbocycles. The van der Waals surface area contributed by atoms with E-state index in [-0.39, 0.29) is 16.5 Å². The van der Waals surface area contributed by atoms with Gasteiger partial charge in [-0.3, -0.25) is 10.1 Å². The SMILES string of the molecule is CCC(=Cc1ccc(C(C)C)c([N+](=O)[O-])c1)CNC(C)C. The lowest BCUT2D eigenvalue weighted by atomic mass is 9.98. The lowest BCUT2D eigenvalue weighted by molar-refractivity contribution is -0.385.